The standard InChI is InChI=1S/C12H21ClN2O/c13-6-3-12(16)15-9-4-11(5-10-15)14-7-1-2-8-14/h11H,1-10H2. The molecule has 92 valence electrons. The number of piperidine rings is 1. The molecule has 4 heteroatoms. The maximum atomic E-state index is 11.7. The van der Waals surface area contributed by atoms with E-state index in [0.717, 1.165) is 32.0 Å². The van der Waals surface area contributed by atoms with Crippen LogP contribution < -0.4 is 0 Å². The van der Waals surface area contributed by atoms with Gasteiger partial charge in [-0.2, -0.15) is 0 Å². The van der Waals surface area contributed by atoms with Crippen molar-refractivity contribution in [3.63, 3.8) is 0 Å². The minimum atomic E-state index is 0.231. The molecular formula is C12H21ClN2O. The van der Waals surface area contributed by atoms with Crippen molar-refractivity contribution in [3.8, 4) is 0 Å². The number of hydrogen-bond acceptors (Lipinski definition) is 2. The van der Waals surface area contributed by atoms with E-state index in [-0.39, 0.29) is 5.91 Å². The first-order valence-corrected chi connectivity index (χ1v) is 6.92. The highest BCUT2D eigenvalue weighted by Gasteiger charge is 2.27. The van der Waals surface area contributed by atoms with Crippen molar-refractivity contribution in [1.29, 1.82) is 0 Å². The molecule has 1 amide bonds. The van der Waals surface area contributed by atoms with Crippen LogP contribution in [0.1, 0.15) is 32.1 Å². The second-order valence-electron chi connectivity index (χ2n) is 4.79. The van der Waals surface area contributed by atoms with Crippen LogP contribution in [0.5, 0.6) is 0 Å². The zero-order valence-corrected chi connectivity index (χ0v) is 10.6. The zero-order chi connectivity index (χ0) is 11.4. The summed E-state index contributed by atoms with van der Waals surface area (Å²) in [7, 11) is 0. The third-order valence-electron chi connectivity index (χ3n) is 3.78. The van der Waals surface area contributed by atoms with Crippen LogP contribution in [0.25, 0.3) is 0 Å². The van der Waals surface area contributed by atoms with Gasteiger partial charge in [0.25, 0.3) is 0 Å². The molecular weight excluding hydrogens is 224 g/mol. The van der Waals surface area contributed by atoms with Gasteiger partial charge in [-0.25, -0.2) is 0 Å². The Morgan fingerprint density at radius 1 is 1.12 bits per heavy atom. The van der Waals surface area contributed by atoms with Gasteiger partial charge in [-0.15, -0.1) is 11.6 Å². The molecule has 2 aliphatic rings. The molecule has 16 heavy (non-hydrogen) atoms. The lowest BCUT2D eigenvalue weighted by molar-refractivity contribution is -0.132. The molecule has 0 aromatic rings. The molecule has 2 fully saturated rings. The van der Waals surface area contributed by atoms with Crippen LogP contribution in [-0.4, -0.2) is 53.8 Å². The summed E-state index contributed by atoms with van der Waals surface area (Å²) in [4.78, 5) is 16.2. The molecule has 0 unspecified atom stereocenters. The summed E-state index contributed by atoms with van der Waals surface area (Å²) in [6.45, 7) is 4.38. The molecule has 0 aromatic carbocycles. The van der Waals surface area contributed by atoms with Gasteiger partial charge in [-0.05, 0) is 38.8 Å². The molecule has 0 N–H and O–H groups in total. The number of halogens is 1. The van der Waals surface area contributed by atoms with Crippen molar-refractivity contribution >= 4 is 17.5 Å². The summed E-state index contributed by atoms with van der Waals surface area (Å²) in [5.41, 5.74) is 0. The Bertz CT molecular complexity index is 233. The third kappa shape index (κ3) is 2.89. The first kappa shape index (κ1) is 12.2. The van der Waals surface area contributed by atoms with E-state index in [1.165, 1.54) is 25.9 Å². The first-order valence-electron chi connectivity index (χ1n) is 6.39. The summed E-state index contributed by atoms with van der Waals surface area (Å²) < 4.78 is 0. The molecule has 0 aliphatic carbocycles. The van der Waals surface area contributed by atoms with Crippen LogP contribution in [0.2, 0.25) is 0 Å². The van der Waals surface area contributed by atoms with E-state index in [1.807, 2.05) is 4.90 Å². The summed E-state index contributed by atoms with van der Waals surface area (Å²) in [6, 6.07) is 0.725. The number of likely N-dealkylation sites (tertiary alicyclic amines) is 2. The number of alkyl halides is 1. The van der Waals surface area contributed by atoms with Crippen LogP contribution in [0, 0.1) is 0 Å². The van der Waals surface area contributed by atoms with E-state index in [0.29, 0.717) is 12.3 Å². The van der Waals surface area contributed by atoms with Crippen LogP contribution in [-0.2, 0) is 4.79 Å². The molecule has 0 aromatic heterocycles. The fourth-order valence-corrected chi connectivity index (χ4v) is 2.99. The molecule has 2 saturated heterocycles. The van der Waals surface area contributed by atoms with Gasteiger partial charge in [0.1, 0.15) is 0 Å². The van der Waals surface area contributed by atoms with Crippen LogP contribution in [0.3, 0.4) is 0 Å². The van der Waals surface area contributed by atoms with Crippen molar-refractivity contribution in [2.75, 3.05) is 32.1 Å². The number of carbonyl (C=O) groups excluding carboxylic acids is 1. The second-order valence-corrected chi connectivity index (χ2v) is 5.17. The van der Waals surface area contributed by atoms with Crippen LogP contribution >= 0.6 is 11.6 Å². The zero-order valence-electron chi connectivity index (χ0n) is 9.83. The monoisotopic (exact) mass is 244 g/mol. The lowest BCUT2D eigenvalue weighted by Crippen LogP contribution is -2.45. The number of amides is 1. The molecule has 2 aliphatic heterocycles. The first-order chi connectivity index (χ1) is 7.81. The molecule has 0 radical (unpaired) electrons. The smallest absolute Gasteiger partial charge is 0.223 e. The normalized spacial score (nSPS) is 23.9. The minimum absolute atomic E-state index is 0.231. The number of hydrogen-bond donors (Lipinski definition) is 0. The predicted octanol–water partition coefficient (Wildman–Crippen LogP) is 1.70. The number of carbonyl (C=O) groups is 1. The topological polar surface area (TPSA) is 23.6 Å². The van der Waals surface area contributed by atoms with E-state index in [4.69, 9.17) is 11.6 Å². The van der Waals surface area contributed by atoms with E-state index < -0.39 is 0 Å². The number of rotatable bonds is 3. The number of nitrogens with zero attached hydrogens (tertiary/aromatic N) is 2. The fourth-order valence-electron chi connectivity index (χ4n) is 2.83. The summed E-state index contributed by atoms with van der Waals surface area (Å²) in [5.74, 6) is 0.681. The fraction of sp³-hybridized carbons (Fsp3) is 0.917. The molecule has 0 saturated carbocycles. The lowest BCUT2D eigenvalue weighted by atomic mass is 10.0. The molecule has 0 atom stereocenters. The van der Waals surface area contributed by atoms with E-state index >= 15 is 0 Å². The quantitative estimate of drug-likeness (QED) is 0.706. The van der Waals surface area contributed by atoms with Gasteiger partial charge in [0.15, 0.2) is 0 Å². The van der Waals surface area contributed by atoms with Crippen molar-refractivity contribution < 1.29 is 4.79 Å². The van der Waals surface area contributed by atoms with Crippen LogP contribution in [0.4, 0.5) is 0 Å². The average molecular weight is 245 g/mol. The molecule has 2 heterocycles. The minimum Gasteiger partial charge on any atom is -0.343 e. The van der Waals surface area contributed by atoms with Crippen molar-refractivity contribution in [1.82, 2.24) is 9.80 Å². The Labute approximate surface area is 103 Å². The Balaban J connectivity index is 1.75. The third-order valence-corrected chi connectivity index (χ3v) is 3.97. The van der Waals surface area contributed by atoms with Crippen LogP contribution in [0.15, 0.2) is 0 Å². The summed E-state index contributed by atoms with van der Waals surface area (Å²) >= 11 is 5.59. The maximum absolute atomic E-state index is 11.7. The highest BCUT2D eigenvalue weighted by Crippen LogP contribution is 2.21. The highest BCUT2D eigenvalue weighted by atomic mass is 35.5. The van der Waals surface area contributed by atoms with Crippen molar-refractivity contribution in [2.24, 2.45) is 0 Å². The van der Waals surface area contributed by atoms with Gasteiger partial charge < -0.3 is 9.80 Å². The highest BCUT2D eigenvalue weighted by molar-refractivity contribution is 6.18. The van der Waals surface area contributed by atoms with Gasteiger partial charge in [0.2, 0.25) is 5.91 Å². The van der Waals surface area contributed by atoms with Gasteiger partial charge in [-0.1, -0.05) is 0 Å². The summed E-state index contributed by atoms with van der Waals surface area (Å²) in [5, 5.41) is 0. The average Bonchev–Trinajstić information content (AvgIpc) is 2.83. The van der Waals surface area contributed by atoms with Gasteiger partial charge in [0.05, 0.1) is 0 Å². The van der Waals surface area contributed by atoms with Crippen molar-refractivity contribution in [3.05, 3.63) is 0 Å². The SMILES string of the molecule is O=C(CCCl)N1CCC(N2CCCC2)CC1. The Morgan fingerprint density at radius 3 is 2.31 bits per heavy atom. The van der Waals surface area contributed by atoms with Crippen molar-refractivity contribution in [2.45, 2.75) is 38.1 Å². The Hall–Kier alpha value is -0.280. The molecule has 0 spiro atoms. The van der Waals surface area contributed by atoms with Gasteiger partial charge in [0, 0.05) is 31.4 Å². The summed E-state index contributed by atoms with van der Waals surface area (Å²) in [6.07, 6.45) is 5.49. The molecule has 2 rings (SSSR count). The Kier molecular flexibility index (Phi) is 4.47. The Morgan fingerprint density at radius 2 is 1.75 bits per heavy atom. The van der Waals surface area contributed by atoms with E-state index in [1.54, 1.807) is 0 Å². The van der Waals surface area contributed by atoms with E-state index in [9.17, 15) is 4.79 Å². The molecule has 3 nitrogen and oxygen atoms in total. The second kappa shape index (κ2) is 5.87. The maximum Gasteiger partial charge on any atom is 0.223 e. The predicted molar refractivity (Wildman–Crippen MR) is 65.7 cm³/mol. The van der Waals surface area contributed by atoms with E-state index in [2.05, 4.69) is 4.90 Å². The van der Waals surface area contributed by atoms with Gasteiger partial charge in [-0.3, -0.25) is 4.79 Å². The largest absolute Gasteiger partial charge is 0.343 e. The molecule has 0 bridgehead atoms. The van der Waals surface area contributed by atoms with Gasteiger partial charge >= 0.3 is 0 Å². The lowest BCUT2D eigenvalue weighted by Gasteiger charge is -2.36.